The predicted molar refractivity (Wildman–Crippen MR) is 78.1 cm³/mol. The third-order valence-electron chi connectivity index (χ3n) is 3.25. The van der Waals surface area contributed by atoms with Crippen molar-refractivity contribution in [3.8, 4) is 5.75 Å². The van der Waals surface area contributed by atoms with Gasteiger partial charge < -0.3 is 10.5 Å². The fraction of sp³-hybridized carbons (Fsp3) is 0.133. The third kappa shape index (κ3) is 2.55. The monoisotopic (exact) mass is 282 g/mol. The summed E-state index contributed by atoms with van der Waals surface area (Å²) in [5, 5.41) is 5.10. The molecule has 6 nitrogen and oxygen atoms in total. The molecule has 0 aliphatic carbocycles. The van der Waals surface area contributed by atoms with Crippen molar-refractivity contribution in [3.05, 3.63) is 53.9 Å². The molecule has 0 fully saturated rings. The molecule has 1 aromatic carbocycles. The highest BCUT2D eigenvalue weighted by atomic mass is 16.5. The molecule has 0 saturated heterocycles. The van der Waals surface area contributed by atoms with Crippen molar-refractivity contribution in [3.63, 3.8) is 0 Å². The van der Waals surface area contributed by atoms with Gasteiger partial charge in [0.25, 0.3) is 0 Å². The number of carbonyl (C=O) groups is 1. The quantitative estimate of drug-likeness (QED) is 0.787. The highest BCUT2D eigenvalue weighted by molar-refractivity contribution is 5.95. The van der Waals surface area contributed by atoms with Crippen LogP contribution >= 0.6 is 0 Å². The number of fused-ring (bicyclic) bond motifs is 1. The lowest BCUT2D eigenvalue weighted by atomic mass is 10.2. The van der Waals surface area contributed by atoms with Crippen molar-refractivity contribution in [2.45, 2.75) is 6.54 Å². The second kappa shape index (κ2) is 5.24. The molecule has 0 unspecified atom stereocenters. The minimum absolute atomic E-state index is 0.381. The van der Waals surface area contributed by atoms with E-state index in [1.165, 1.54) is 6.20 Å². The predicted octanol–water partition coefficient (Wildman–Crippen LogP) is 1.59. The zero-order valence-corrected chi connectivity index (χ0v) is 11.5. The van der Waals surface area contributed by atoms with Gasteiger partial charge >= 0.3 is 0 Å². The Balaban J connectivity index is 1.91. The van der Waals surface area contributed by atoms with Gasteiger partial charge in [0.05, 0.1) is 25.4 Å². The van der Waals surface area contributed by atoms with Gasteiger partial charge in [0.1, 0.15) is 5.75 Å². The number of ether oxygens (including phenoxy) is 1. The lowest BCUT2D eigenvalue weighted by Crippen LogP contribution is -2.11. The van der Waals surface area contributed by atoms with Gasteiger partial charge in [-0.1, -0.05) is 12.1 Å². The van der Waals surface area contributed by atoms with Crippen LogP contribution in [0.1, 0.15) is 15.9 Å². The largest absolute Gasteiger partial charge is 0.497 e. The van der Waals surface area contributed by atoms with Gasteiger partial charge in [0, 0.05) is 11.6 Å². The Morgan fingerprint density at radius 1 is 1.29 bits per heavy atom. The second-order valence-electron chi connectivity index (χ2n) is 4.65. The van der Waals surface area contributed by atoms with Crippen LogP contribution in [0, 0.1) is 0 Å². The zero-order valence-electron chi connectivity index (χ0n) is 11.5. The normalized spacial score (nSPS) is 10.7. The van der Waals surface area contributed by atoms with Gasteiger partial charge in [-0.2, -0.15) is 5.10 Å². The van der Waals surface area contributed by atoms with Crippen LogP contribution in [0.4, 0.5) is 0 Å². The molecule has 2 heterocycles. The molecule has 0 radical (unpaired) electrons. The average molecular weight is 282 g/mol. The van der Waals surface area contributed by atoms with Crippen LogP contribution in [-0.2, 0) is 6.54 Å². The van der Waals surface area contributed by atoms with Crippen molar-refractivity contribution in [2.24, 2.45) is 5.73 Å². The number of amides is 1. The first kappa shape index (κ1) is 13.1. The molecule has 106 valence electrons. The molecule has 3 rings (SSSR count). The highest BCUT2D eigenvalue weighted by Crippen LogP contribution is 2.16. The number of primary amides is 1. The van der Waals surface area contributed by atoms with Crippen molar-refractivity contribution in [1.82, 2.24) is 14.8 Å². The maximum atomic E-state index is 11.1. The summed E-state index contributed by atoms with van der Waals surface area (Å²) in [6.07, 6.45) is 3.15. The molecule has 3 aromatic rings. The van der Waals surface area contributed by atoms with E-state index >= 15 is 0 Å². The smallest absolute Gasteiger partial charge is 0.250 e. The summed E-state index contributed by atoms with van der Waals surface area (Å²) in [7, 11) is 1.64. The number of carbonyl (C=O) groups excluding carboxylic acids is 1. The molecular weight excluding hydrogens is 268 g/mol. The maximum absolute atomic E-state index is 11.1. The molecule has 0 saturated carbocycles. The van der Waals surface area contributed by atoms with E-state index in [1.807, 2.05) is 24.3 Å². The topological polar surface area (TPSA) is 83.0 Å². The van der Waals surface area contributed by atoms with E-state index in [1.54, 1.807) is 24.1 Å². The molecular formula is C15H14N4O2. The van der Waals surface area contributed by atoms with Gasteiger partial charge in [-0.25, -0.2) is 9.67 Å². The third-order valence-corrected chi connectivity index (χ3v) is 3.25. The van der Waals surface area contributed by atoms with Gasteiger partial charge in [-0.15, -0.1) is 0 Å². The summed E-state index contributed by atoms with van der Waals surface area (Å²) < 4.78 is 6.91. The van der Waals surface area contributed by atoms with E-state index in [0.29, 0.717) is 12.1 Å². The Hall–Kier alpha value is -2.89. The SMILES string of the molecule is COc1ccc(Cn2ncc3cc(C(N)=O)cnc32)cc1. The van der Waals surface area contributed by atoms with E-state index in [2.05, 4.69) is 10.1 Å². The van der Waals surface area contributed by atoms with Crippen LogP contribution in [-0.4, -0.2) is 27.8 Å². The number of nitrogens with zero attached hydrogens (tertiary/aromatic N) is 3. The maximum Gasteiger partial charge on any atom is 0.250 e. The molecule has 21 heavy (non-hydrogen) atoms. The Morgan fingerprint density at radius 2 is 2.05 bits per heavy atom. The Labute approximate surface area is 121 Å². The summed E-state index contributed by atoms with van der Waals surface area (Å²) in [4.78, 5) is 15.4. The molecule has 0 aliphatic rings. The van der Waals surface area contributed by atoms with E-state index < -0.39 is 5.91 Å². The fourth-order valence-corrected chi connectivity index (χ4v) is 2.13. The minimum Gasteiger partial charge on any atom is -0.497 e. The molecule has 0 bridgehead atoms. The minimum atomic E-state index is -0.493. The van der Waals surface area contributed by atoms with E-state index in [4.69, 9.17) is 10.5 Å². The second-order valence-corrected chi connectivity index (χ2v) is 4.65. The van der Waals surface area contributed by atoms with Crippen LogP contribution < -0.4 is 10.5 Å². The lowest BCUT2D eigenvalue weighted by Gasteiger charge is -2.05. The summed E-state index contributed by atoms with van der Waals surface area (Å²) >= 11 is 0. The summed E-state index contributed by atoms with van der Waals surface area (Å²) in [6.45, 7) is 0.594. The van der Waals surface area contributed by atoms with Crippen molar-refractivity contribution in [1.29, 1.82) is 0 Å². The number of pyridine rings is 1. The Morgan fingerprint density at radius 3 is 2.71 bits per heavy atom. The van der Waals surface area contributed by atoms with E-state index in [0.717, 1.165) is 22.3 Å². The number of nitrogens with two attached hydrogens (primary N) is 1. The zero-order chi connectivity index (χ0) is 14.8. The van der Waals surface area contributed by atoms with Crippen LogP contribution in [0.2, 0.25) is 0 Å². The molecule has 0 aliphatic heterocycles. The Bertz CT molecular complexity index is 793. The number of hydrogen-bond donors (Lipinski definition) is 1. The molecule has 0 atom stereocenters. The van der Waals surface area contributed by atoms with Crippen molar-refractivity contribution in [2.75, 3.05) is 7.11 Å². The molecule has 0 spiro atoms. The van der Waals surface area contributed by atoms with Gasteiger partial charge in [-0.05, 0) is 23.8 Å². The van der Waals surface area contributed by atoms with Crippen LogP contribution in [0.25, 0.3) is 11.0 Å². The summed E-state index contributed by atoms with van der Waals surface area (Å²) in [6, 6.07) is 9.45. The Kier molecular flexibility index (Phi) is 3.27. The average Bonchev–Trinajstić information content (AvgIpc) is 2.90. The van der Waals surface area contributed by atoms with Crippen LogP contribution in [0.3, 0.4) is 0 Å². The van der Waals surface area contributed by atoms with Gasteiger partial charge in [0.2, 0.25) is 5.91 Å². The first-order valence-electron chi connectivity index (χ1n) is 6.41. The van der Waals surface area contributed by atoms with Crippen LogP contribution in [0.15, 0.2) is 42.7 Å². The van der Waals surface area contributed by atoms with Crippen molar-refractivity contribution >= 4 is 16.9 Å². The molecule has 2 N–H and O–H groups in total. The number of hydrogen-bond acceptors (Lipinski definition) is 4. The van der Waals surface area contributed by atoms with E-state index in [9.17, 15) is 4.79 Å². The van der Waals surface area contributed by atoms with Gasteiger partial charge in [0.15, 0.2) is 5.65 Å². The van der Waals surface area contributed by atoms with Crippen molar-refractivity contribution < 1.29 is 9.53 Å². The molecule has 6 heteroatoms. The van der Waals surface area contributed by atoms with Crippen LogP contribution in [0.5, 0.6) is 5.75 Å². The number of benzene rings is 1. The summed E-state index contributed by atoms with van der Waals surface area (Å²) in [5.41, 5.74) is 7.43. The molecule has 2 aromatic heterocycles. The van der Waals surface area contributed by atoms with Gasteiger partial charge in [-0.3, -0.25) is 4.79 Å². The standard InChI is InChI=1S/C15H14N4O2/c1-21-13-4-2-10(3-5-13)9-19-15-12(8-18-19)6-11(7-17-15)14(16)20/h2-8H,9H2,1H3,(H2,16,20). The molecule has 1 amide bonds. The number of rotatable bonds is 4. The highest BCUT2D eigenvalue weighted by Gasteiger charge is 2.08. The number of aromatic nitrogens is 3. The first-order chi connectivity index (χ1) is 10.2. The first-order valence-corrected chi connectivity index (χ1v) is 6.41. The lowest BCUT2D eigenvalue weighted by molar-refractivity contribution is 0.1000. The number of methoxy groups -OCH3 is 1. The van der Waals surface area contributed by atoms with E-state index in [-0.39, 0.29) is 0 Å². The fourth-order valence-electron chi connectivity index (χ4n) is 2.13. The summed E-state index contributed by atoms with van der Waals surface area (Å²) in [5.74, 6) is 0.320.